The Balaban J connectivity index is 1.44. The second-order valence-corrected chi connectivity index (χ2v) is 12.2. The van der Waals surface area contributed by atoms with Crippen molar-refractivity contribution >= 4 is 28.9 Å². The molecule has 2 atom stereocenters. The first-order chi connectivity index (χ1) is 15.7. The van der Waals surface area contributed by atoms with Gasteiger partial charge in [0, 0.05) is 12.1 Å². The number of rotatable bonds is 10. The standard InChI is InChI=1S/C28H28O2Si2/c1-3-31(21-23-11-7-5-8-12-23)29-27-17-15-26-20-28(18-16-25(26)19-27)30-32(4-2)22-24-13-9-6-10-14-24/h3-20,31-32H,1-2,21-22H2. The van der Waals surface area contributed by atoms with Crippen LogP contribution < -0.4 is 8.85 Å². The molecule has 0 aliphatic carbocycles. The first-order valence-corrected chi connectivity index (χ1v) is 14.8. The predicted molar refractivity (Wildman–Crippen MR) is 140 cm³/mol. The Morgan fingerprint density at radius 1 is 0.562 bits per heavy atom. The molecule has 0 radical (unpaired) electrons. The zero-order valence-corrected chi connectivity index (χ0v) is 20.5. The third-order valence-corrected chi connectivity index (χ3v) is 9.39. The molecule has 0 aromatic heterocycles. The molecule has 0 aliphatic rings. The van der Waals surface area contributed by atoms with Crippen molar-refractivity contribution in [1.82, 2.24) is 0 Å². The summed E-state index contributed by atoms with van der Waals surface area (Å²) in [6.07, 6.45) is 0. The summed E-state index contributed by atoms with van der Waals surface area (Å²) in [7, 11) is -3.16. The predicted octanol–water partition coefficient (Wildman–Crippen LogP) is 6.06. The van der Waals surface area contributed by atoms with Gasteiger partial charge in [-0.1, -0.05) is 84.2 Å². The zero-order valence-electron chi connectivity index (χ0n) is 18.2. The minimum Gasteiger partial charge on any atom is -0.542 e. The second kappa shape index (κ2) is 10.8. The monoisotopic (exact) mass is 452 g/mol. The van der Waals surface area contributed by atoms with Crippen molar-refractivity contribution in [3.8, 4) is 11.5 Å². The summed E-state index contributed by atoms with van der Waals surface area (Å²) in [4.78, 5) is 0. The molecule has 0 saturated heterocycles. The van der Waals surface area contributed by atoms with Gasteiger partial charge in [-0.2, -0.15) is 0 Å². The smallest absolute Gasteiger partial charge is 0.263 e. The molecule has 0 bridgehead atoms. The van der Waals surface area contributed by atoms with Crippen LogP contribution in [-0.2, 0) is 12.1 Å². The van der Waals surface area contributed by atoms with Crippen LogP contribution in [0.1, 0.15) is 11.1 Å². The Morgan fingerprint density at radius 2 is 0.969 bits per heavy atom. The van der Waals surface area contributed by atoms with E-state index in [-0.39, 0.29) is 0 Å². The lowest BCUT2D eigenvalue weighted by molar-refractivity contribution is 0.575. The molecule has 32 heavy (non-hydrogen) atoms. The molecule has 0 spiro atoms. The summed E-state index contributed by atoms with van der Waals surface area (Å²) in [6, 6.07) is 35.3. The summed E-state index contributed by atoms with van der Waals surface area (Å²) in [5, 5.41) is 2.29. The molecular formula is C28H28O2Si2. The van der Waals surface area contributed by atoms with E-state index in [0.717, 1.165) is 34.4 Å². The third kappa shape index (κ3) is 5.87. The van der Waals surface area contributed by atoms with Gasteiger partial charge in [0.05, 0.1) is 0 Å². The first kappa shape index (κ1) is 21.9. The molecule has 4 aromatic rings. The number of fused-ring (bicyclic) bond motifs is 1. The molecule has 4 rings (SSSR count). The maximum atomic E-state index is 6.34. The second-order valence-electron chi connectivity index (χ2n) is 7.83. The van der Waals surface area contributed by atoms with E-state index in [9.17, 15) is 0 Å². The number of benzene rings is 4. The van der Waals surface area contributed by atoms with Gasteiger partial charge < -0.3 is 8.85 Å². The van der Waals surface area contributed by atoms with Gasteiger partial charge in [0.1, 0.15) is 11.5 Å². The van der Waals surface area contributed by atoms with Gasteiger partial charge in [-0.25, -0.2) is 0 Å². The van der Waals surface area contributed by atoms with Crippen LogP contribution >= 0.6 is 0 Å². The third-order valence-electron chi connectivity index (χ3n) is 5.44. The molecular weight excluding hydrogens is 424 g/mol. The maximum absolute atomic E-state index is 6.34. The van der Waals surface area contributed by atoms with Crippen molar-refractivity contribution in [1.29, 1.82) is 0 Å². The lowest BCUT2D eigenvalue weighted by Crippen LogP contribution is -2.23. The lowest BCUT2D eigenvalue weighted by Gasteiger charge is -2.17. The van der Waals surface area contributed by atoms with Crippen LogP contribution in [0.4, 0.5) is 0 Å². The number of hydrogen-bond donors (Lipinski definition) is 0. The molecule has 160 valence electrons. The molecule has 2 unspecified atom stereocenters. The van der Waals surface area contributed by atoms with E-state index in [1.807, 2.05) is 35.7 Å². The van der Waals surface area contributed by atoms with Gasteiger partial charge >= 0.3 is 0 Å². The van der Waals surface area contributed by atoms with Crippen molar-refractivity contribution in [2.24, 2.45) is 0 Å². The van der Waals surface area contributed by atoms with Crippen LogP contribution in [0.15, 0.2) is 122 Å². The van der Waals surface area contributed by atoms with Crippen LogP contribution in [0.3, 0.4) is 0 Å². The molecule has 4 heteroatoms. The Kier molecular flexibility index (Phi) is 7.38. The highest BCUT2D eigenvalue weighted by molar-refractivity contribution is 6.58. The Hall–Kier alpha value is -3.35. The summed E-state index contributed by atoms with van der Waals surface area (Å²) in [5.74, 6) is 1.81. The molecule has 2 nitrogen and oxygen atoms in total. The van der Waals surface area contributed by atoms with Gasteiger partial charge in [-0.05, 0) is 46.2 Å². The van der Waals surface area contributed by atoms with Crippen molar-refractivity contribution in [2.45, 2.75) is 12.1 Å². The molecule has 0 fully saturated rings. The van der Waals surface area contributed by atoms with Crippen LogP contribution in [0.5, 0.6) is 11.5 Å². The van der Waals surface area contributed by atoms with Crippen molar-refractivity contribution in [3.63, 3.8) is 0 Å². The van der Waals surface area contributed by atoms with E-state index in [1.54, 1.807) is 0 Å². The quantitative estimate of drug-likeness (QED) is 0.272. The topological polar surface area (TPSA) is 18.5 Å². The minimum atomic E-state index is -1.58. The van der Waals surface area contributed by atoms with Gasteiger partial charge in [0.25, 0.3) is 18.1 Å². The highest BCUT2D eigenvalue weighted by atomic mass is 28.3. The lowest BCUT2D eigenvalue weighted by atomic mass is 10.1. The molecule has 0 aliphatic heterocycles. The fraction of sp³-hybridized carbons (Fsp3) is 0.0714. The fourth-order valence-electron chi connectivity index (χ4n) is 3.74. The summed E-state index contributed by atoms with van der Waals surface area (Å²) in [5.41, 5.74) is 6.59. The fourth-order valence-corrected chi connectivity index (χ4v) is 6.90. The highest BCUT2D eigenvalue weighted by Gasteiger charge is 2.13. The van der Waals surface area contributed by atoms with E-state index >= 15 is 0 Å². The van der Waals surface area contributed by atoms with Gasteiger partial charge in [-0.15, -0.1) is 13.2 Å². The Bertz CT molecular complexity index is 1080. The Labute approximate surface area is 193 Å². The van der Waals surface area contributed by atoms with E-state index in [4.69, 9.17) is 8.85 Å². The Morgan fingerprint density at radius 3 is 1.34 bits per heavy atom. The summed E-state index contributed by atoms with van der Waals surface area (Å²) in [6.45, 7) is 8.02. The van der Waals surface area contributed by atoms with E-state index in [2.05, 4.69) is 86.0 Å². The van der Waals surface area contributed by atoms with Crippen molar-refractivity contribution in [3.05, 3.63) is 133 Å². The maximum Gasteiger partial charge on any atom is 0.263 e. The van der Waals surface area contributed by atoms with Gasteiger partial charge in [0.15, 0.2) is 0 Å². The SMILES string of the molecule is C=C[SiH](Cc1ccccc1)Oc1ccc2cc(O[SiH](C=C)Cc3ccccc3)ccc2c1. The molecule has 0 saturated carbocycles. The van der Waals surface area contributed by atoms with Crippen molar-refractivity contribution in [2.75, 3.05) is 0 Å². The highest BCUT2D eigenvalue weighted by Crippen LogP contribution is 2.26. The minimum absolute atomic E-state index is 0.904. The number of hydrogen-bond acceptors (Lipinski definition) is 2. The first-order valence-electron chi connectivity index (χ1n) is 10.9. The normalized spacial score (nSPS) is 12.6. The molecule has 0 amide bonds. The van der Waals surface area contributed by atoms with Crippen LogP contribution in [-0.4, -0.2) is 18.1 Å². The van der Waals surface area contributed by atoms with Crippen LogP contribution in [0.2, 0.25) is 0 Å². The van der Waals surface area contributed by atoms with Crippen LogP contribution in [0, 0.1) is 0 Å². The summed E-state index contributed by atoms with van der Waals surface area (Å²) < 4.78 is 12.7. The molecule has 4 aromatic carbocycles. The largest absolute Gasteiger partial charge is 0.542 e. The van der Waals surface area contributed by atoms with Crippen molar-refractivity contribution < 1.29 is 8.85 Å². The van der Waals surface area contributed by atoms with Gasteiger partial charge in [-0.3, -0.25) is 0 Å². The van der Waals surface area contributed by atoms with E-state index < -0.39 is 18.1 Å². The molecule has 0 N–H and O–H groups in total. The average molecular weight is 453 g/mol. The average Bonchev–Trinajstić information content (AvgIpc) is 2.84. The zero-order chi connectivity index (χ0) is 22.2. The molecule has 0 heterocycles. The van der Waals surface area contributed by atoms with E-state index in [0.29, 0.717) is 0 Å². The van der Waals surface area contributed by atoms with Gasteiger partial charge in [0.2, 0.25) is 0 Å². The van der Waals surface area contributed by atoms with E-state index in [1.165, 1.54) is 11.1 Å². The summed E-state index contributed by atoms with van der Waals surface area (Å²) >= 11 is 0. The van der Waals surface area contributed by atoms with Crippen LogP contribution in [0.25, 0.3) is 10.8 Å².